The number of aromatic nitrogens is 2. The molecule has 0 radical (unpaired) electrons. The predicted octanol–water partition coefficient (Wildman–Crippen LogP) is 7.41. The van der Waals surface area contributed by atoms with E-state index in [1.807, 2.05) is 18.2 Å². The topological polar surface area (TPSA) is 76.3 Å². The van der Waals surface area contributed by atoms with Gasteiger partial charge in [0.25, 0.3) is 0 Å². The number of halogens is 3. The molecule has 0 aliphatic heterocycles. The van der Waals surface area contributed by atoms with E-state index >= 15 is 0 Å². The molecule has 0 aliphatic carbocycles. The third-order valence-corrected chi connectivity index (χ3v) is 7.72. The molecule has 5 aromatic rings. The zero-order valence-electron chi connectivity index (χ0n) is 14.3. The largest absolute Gasteiger partial charge is 0.337 e. The van der Waals surface area contributed by atoms with Crippen LogP contribution >= 0.6 is 50.5 Å². The molecule has 2 heterocycles. The fourth-order valence-corrected chi connectivity index (χ4v) is 5.79. The third-order valence-electron chi connectivity index (χ3n) is 4.79. The first kappa shape index (κ1) is 18.4. The molecule has 0 bridgehead atoms. The number of imidazole rings is 1. The Morgan fingerprint density at radius 2 is 1.76 bits per heavy atom. The van der Waals surface area contributed by atoms with E-state index in [1.165, 1.54) is 11.3 Å². The maximum absolute atomic E-state index is 9.55. The Morgan fingerprint density at radius 3 is 2.45 bits per heavy atom. The van der Waals surface area contributed by atoms with E-state index in [2.05, 4.69) is 33.1 Å². The van der Waals surface area contributed by atoms with Gasteiger partial charge in [0.15, 0.2) is 0 Å². The Balaban J connectivity index is 1.99. The maximum Gasteiger partial charge on any atom is 0.141 e. The number of rotatable bonds is 1. The molecule has 0 spiro atoms. The molecule has 0 fully saturated rings. The van der Waals surface area contributed by atoms with Crippen LogP contribution in [0.25, 0.3) is 43.3 Å². The Bertz CT molecular complexity index is 1540. The Labute approximate surface area is 187 Å². The van der Waals surface area contributed by atoms with Gasteiger partial charge in [-0.1, -0.05) is 35.3 Å². The molecule has 0 aliphatic rings. The van der Waals surface area contributed by atoms with Crippen molar-refractivity contribution < 1.29 is 0 Å². The van der Waals surface area contributed by atoms with Crippen molar-refractivity contribution in [3.05, 3.63) is 61.4 Å². The number of thiophene rings is 1. The van der Waals surface area contributed by atoms with E-state index in [9.17, 15) is 10.5 Å². The van der Waals surface area contributed by atoms with Gasteiger partial charge in [-0.05, 0) is 45.6 Å². The number of nitriles is 2. The van der Waals surface area contributed by atoms with Gasteiger partial charge in [0.2, 0.25) is 0 Å². The van der Waals surface area contributed by atoms with E-state index in [0.717, 1.165) is 36.4 Å². The number of fused-ring (bicyclic) bond motifs is 6. The number of hydrogen-bond acceptors (Lipinski definition) is 4. The van der Waals surface area contributed by atoms with Crippen molar-refractivity contribution in [2.75, 3.05) is 0 Å². The highest BCUT2D eigenvalue weighted by Gasteiger charge is 2.21. The van der Waals surface area contributed by atoms with Crippen LogP contribution in [-0.2, 0) is 0 Å². The van der Waals surface area contributed by atoms with Crippen LogP contribution in [0, 0.1) is 22.7 Å². The molecule has 138 valence electrons. The van der Waals surface area contributed by atoms with E-state index < -0.39 is 0 Å². The fraction of sp³-hybridized carbons (Fsp3) is 0. The molecular formula is C21H7BrCl2N4S. The second kappa shape index (κ2) is 6.73. The van der Waals surface area contributed by atoms with E-state index in [-0.39, 0.29) is 0 Å². The highest BCUT2D eigenvalue weighted by molar-refractivity contribution is 9.10. The van der Waals surface area contributed by atoms with Crippen LogP contribution in [0.5, 0.6) is 0 Å². The highest BCUT2D eigenvalue weighted by Crippen LogP contribution is 2.47. The lowest BCUT2D eigenvalue weighted by Gasteiger charge is -2.03. The SMILES string of the molecule is N#Cc1cccc(C#N)c1-c1nc2c3ccc(Cl)cc3c3c(Br)c(Cl)sc3c2[nH]1. The van der Waals surface area contributed by atoms with Crippen LogP contribution < -0.4 is 0 Å². The van der Waals surface area contributed by atoms with Gasteiger partial charge in [0.1, 0.15) is 10.2 Å². The van der Waals surface area contributed by atoms with Gasteiger partial charge >= 0.3 is 0 Å². The van der Waals surface area contributed by atoms with Gasteiger partial charge in [0.05, 0.1) is 49.0 Å². The van der Waals surface area contributed by atoms with Crippen molar-refractivity contribution in [1.29, 1.82) is 10.5 Å². The number of nitrogens with one attached hydrogen (secondary N) is 1. The number of H-pyrrole nitrogens is 1. The van der Waals surface area contributed by atoms with Crippen LogP contribution in [0.4, 0.5) is 0 Å². The monoisotopic (exact) mass is 496 g/mol. The van der Waals surface area contributed by atoms with Gasteiger partial charge in [-0.3, -0.25) is 0 Å². The molecule has 0 saturated heterocycles. The van der Waals surface area contributed by atoms with E-state index in [0.29, 0.717) is 31.9 Å². The molecule has 1 N–H and O–H groups in total. The number of benzene rings is 3. The zero-order chi connectivity index (χ0) is 20.3. The second-order valence-electron chi connectivity index (χ2n) is 6.34. The number of hydrogen-bond donors (Lipinski definition) is 1. The first-order valence-corrected chi connectivity index (χ1v) is 10.7. The van der Waals surface area contributed by atoms with Crippen LogP contribution in [0.2, 0.25) is 9.36 Å². The van der Waals surface area contributed by atoms with Gasteiger partial charge in [-0.2, -0.15) is 10.5 Å². The minimum atomic E-state index is 0.386. The third kappa shape index (κ3) is 2.65. The first-order valence-electron chi connectivity index (χ1n) is 8.35. The Morgan fingerprint density at radius 1 is 1.03 bits per heavy atom. The van der Waals surface area contributed by atoms with E-state index in [1.54, 1.807) is 18.2 Å². The summed E-state index contributed by atoms with van der Waals surface area (Å²) in [6.45, 7) is 0. The van der Waals surface area contributed by atoms with Gasteiger partial charge < -0.3 is 4.98 Å². The number of aromatic amines is 1. The molecule has 4 nitrogen and oxygen atoms in total. The van der Waals surface area contributed by atoms with Crippen LogP contribution in [0.3, 0.4) is 0 Å². The lowest BCUT2D eigenvalue weighted by atomic mass is 10.0. The summed E-state index contributed by atoms with van der Waals surface area (Å²) >= 11 is 17.7. The average Bonchev–Trinajstić information content (AvgIpc) is 3.29. The van der Waals surface area contributed by atoms with Crippen molar-refractivity contribution in [2.45, 2.75) is 0 Å². The maximum atomic E-state index is 9.55. The fourth-order valence-electron chi connectivity index (χ4n) is 3.57. The zero-order valence-corrected chi connectivity index (χ0v) is 18.3. The van der Waals surface area contributed by atoms with Crippen LogP contribution in [0.15, 0.2) is 40.9 Å². The lowest BCUT2D eigenvalue weighted by molar-refractivity contribution is 1.31. The summed E-state index contributed by atoms with van der Waals surface area (Å²) in [5, 5.41) is 22.5. The van der Waals surface area contributed by atoms with Crippen molar-refractivity contribution in [3.63, 3.8) is 0 Å². The predicted molar refractivity (Wildman–Crippen MR) is 122 cm³/mol. The molecule has 2 aromatic heterocycles. The summed E-state index contributed by atoms with van der Waals surface area (Å²) in [6.07, 6.45) is 0. The average molecular weight is 498 g/mol. The Hall–Kier alpha value is -2.61. The minimum absolute atomic E-state index is 0.386. The number of nitrogens with zero attached hydrogens (tertiary/aromatic N) is 3. The van der Waals surface area contributed by atoms with Crippen molar-refractivity contribution in [2.24, 2.45) is 0 Å². The molecule has 0 atom stereocenters. The molecule has 0 amide bonds. The van der Waals surface area contributed by atoms with Crippen LogP contribution in [0.1, 0.15) is 11.1 Å². The quantitative estimate of drug-likeness (QED) is 0.262. The minimum Gasteiger partial charge on any atom is -0.337 e. The molecule has 29 heavy (non-hydrogen) atoms. The summed E-state index contributed by atoms with van der Waals surface area (Å²) in [5.41, 5.74) is 2.81. The highest BCUT2D eigenvalue weighted by atomic mass is 79.9. The van der Waals surface area contributed by atoms with Crippen molar-refractivity contribution in [1.82, 2.24) is 9.97 Å². The van der Waals surface area contributed by atoms with E-state index in [4.69, 9.17) is 28.2 Å². The summed E-state index contributed by atoms with van der Waals surface area (Å²) in [7, 11) is 0. The molecule has 0 saturated carbocycles. The molecule has 8 heteroatoms. The summed E-state index contributed by atoms with van der Waals surface area (Å²) < 4.78 is 2.36. The first-order chi connectivity index (χ1) is 14.0. The molecule has 5 rings (SSSR count). The standard InChI is InChI=1S/C21H7BrCl2N4S/c22-16-15-13-6-11(23)4-5-12(13)17-18(19(15)29-20(16)24)28-21(27-17)14-9(7-25)2-1-3-10(14)8-26/h1-6H,(H,27,28). The molecule has 3 aromatic carbocycles. The van der Waals surface area contributed by atoms with Crippen molar-refractivity contribution in [3.8, 4) is 23.5 Å². The molecular weight excluding hydrogens is 491 g/mol. The summed E-state index contributed by atoms with van der Waals surface area (Å²) in [6, 6.07) is 15.0. The smallest absolute Gasteiger partial charge is 0.141 e. The van der Waals surface area contributed by atoms with Crippen LogP contribution in [-0.4, -0.2) is 9.97 Å². The van der Waals surface area contributed by atoms with Gasteiger partial charge in [0, 0.05) is 15.8 Å². The normalized spacial score (nSPS) is 11.2. The van der Waals surface area contributed by atoms with Gasteiger partial charge in [-0.25, -0.2) is 4.98 Å². The Kier molecular flexibility index (Phi) is 4.27. The lowest BCUT2D eigenvalue weighted by Crippen LogP contribution is -1.91. The molecule has 0 unspecified atom stereocenters. The summed E-state index contributed by atoms with van der Waals surface area (Å²) in [5.74, 6) is 0.470. The second-order valence-corrected chi connectivity index (χ2v) is 9.20. The van der Waals surface area contributed by atoms with Crippen molar-refractivity contribution >= 4 is 82.4 Å². The van der Waals surface area contributed by atoms with Gasteiger partial charge in [-0.15, -0.1) is 11.3 Å². The summed E-state index contributed by atoms with van der Waals surface area (Å²) in [4.78, 5) is 8.13.